The first kappa shape index (κ1) is 13.0. The van der Waals surface area contributed by atoms with Crippen molar-refractivity contribution in [2.75, 3.05) is 13.2 Å². The van der Waals surface area contributed by atoms with Crippen LogP contribution in [0.15, 0.2) is 18.2 Å². The molecule has 0 saturated heterocycles. The third kappa shape index (κ3) is 3.07. The van der Waals surface area contributed by atoms with Gasteiger partial charge in [0.05, 0.1) is 12.2 Å². The van der Waals surface area contributed by atoms with Crippen LogP contribution in [0.3, 0.4) is 0 Å². The maximum atomic E-state index is 13.2. The van der Waals surface area contributed by atoms with E-state index in [2.05, 4.69) is 0 Å². The van der Waals surface area contributed by atoms with Gasteiger partial charge in [0.15, 0.2) is 5.78 Å². The van der Waals surface area contributed by atoms with Gasteiger partial charge in [-0.1, -0.05) is 6.42 Å². The number of ether oxygens (including phenoxy) is 1. The molecule has 1 aliphatic rings. The van der Waals surface area contributed by atoms with Crippen LogP contribution in [0.1, 0.15) is 36.0 Å². The second kappa shape index (κ2) is 5.96. The summed E-state index contributed by atoms with van der Waals surface area (Å²) in [4.78, 5) is 11.8. The van der Waals surface area contributed by atoms with Crippen molar-refractivity contribution >= 4 is 5.78 Å². The summed E-state index contributed by atoms with van der Waals surface area (Å²) in [5.74, 6) is 0.459. The van der Waals surface area contributed by atoms with Crippen LogP contribution in [-0.2, 0) is 0 Å². The van der Waals surface area contributed by atoms with E-state index in [0.29, 0.717) is 23.8 Å². The molecule has 0 radical (unpaired) electrons. The molecule has 0 atom stereocenters. The molecule has 1 aromatic carbocycles. The number of carbonyl (C=O) groups is 1. The van der Waals surface area contributed by atoms with Crippen LogP contribution in [0.4, 0.5) is 4.39 Å². The van der Waals surface area contributed by atoms with Gasteiger partial charge in [0.1, 0.15) is 11.6 Å². The molecule has 1 aliphatic carbocycles. The van der Waals surface area contributed by atoms with E-state index in [1.54, 1.807) is 0 Å². The summed E-state index contributed by atoms with van der Waals surface area (Å²) in [6, 6.07) is 4.07. The number of halogens is 1. The highest BCUT2D eigenvalue weighted by Crippen LogP contribution is 2.28. The Morgan fingerprint density at radius 1 is 1.44 bits per heavy atom. The fraction of sp³-hybridized carbons (Fsp3) is 0.500. The molecule has 0 spiro atoms. The average molecular weight is 251 g/mol. The summed E-state index contributed by atoms with van der Waals surface area (Å²) in [6.07, 6.45) is 3.81. The summed E-state index contributed by atoms with van der Waals surface area (Å²) in [7, 11) is 0. The van der Waals surface area contributed by atoms with Gasteiger partial charge in [0.2, 0.25) is 0 Å². The van der Waals surface area contributed by atoms with Gasteiger partial charge in [-0.3, -0.25) is 4.79 Å². The van der Waals surface area contributed by atoms with E-state index < -0.39 is 5.82 Å². The summed E-state index contributed by atoms with van der Waals surface area (Å²) >= 11 is 0. The lowest BCUT2D eigenvalue weighted by Gasteiger charge is -2.25. The zero-order valence-corrected chi connectivity index (χ0v) is 10.3. The van der Waals surface area contributed by atoms with Crippen molar-refractivity contribution < 1.29 is 13.9 Å². The van der Waals surface area contributed by atoms with E-state index in [-0.39, 0.29) is 18.7 Å². The topological polar surface area (TPSA) is 52.3 Å². The third-order valence-electron chi connectivity index (χ3n) is 3.31. The van der Waals surface area contributed by atoms with E-state index in [4.69, 9.17) is 10.5 Å². The predicted octanol–water partition coefficient (Wildman–Crippen LogP) is 2.54. The second-order valence-electron chi connectivity index (χ2n) is 4.71. The molecule has 0 aliphatic heterocycles. The van der Waals surface area contributed by atoms with Gasteiger partial charge >= 0.3 is 0 Å². The number of ketones is 1. The van der Waals surface area contributed by atoms with Crippen LogP contribution in [0.2, 0.25) is 0 Å². The van der Waals surface area contributed by atoms with Crippen LogP contribution in [0.5, 0.6) is 5.75 Å². The summed E-state index contributed by atoms with van der Waals surface area (Å²) in [5.41, 5.74) is 5.66. The lowest BCUT2D eigenvalue weighted by Crippen LogP contribution is -2.20. The molecule has 1 aromatic rings. The van der Waals surface area contributed by atoms with E-state index in [9.17, 15) is 9.18 Å². The van der Waals surface area contributed by atoms with Crippen LogP contribution in [0.25, 0.3) is 0 Å². The van der Waals surface area contributed by atoms with E-state index in [1.807, 2.05) is 0 Å². The molecule has 0 unspecified atom stereocenters. The number of hydrogen-bond donors (Lipinski definition) is 1. The zero-order valence-electron chi connectivity index (χ0n) is 10.3. The van der Waals surface area contributed by atoms with E-state index in [0.717, 1.165) is 0 Å². The normalized spacial score (nSPS) is 15.2. The molecule has 0 aromatic heterocycles. The maximum Gasteiger partial charge on any atom is 0.167 e. The second-order valence-corrected chi connectivity index (χ2v) is 4.71. The van der Waals surface area contributed by atoms with Crippen molar-refractivity contribution in [1.29, 1.82) is 0 Å². The minimum atomic E-state index is -0.425. The van der Waals surface area contributed by atoms with Gasteiger partial charge in [-0.25, -0.2) is 4.39 Å². The number of hydrogen-bond acceptors (Lipinski definition) is 3. The van der Waals surface area contributed by atoms with E-state index in [1.165, 1.54) is 37.5 Å². The van der Waals surface area contributed by atoms with Crippen LogP contribution in [0, 0.1) is 11.7 Å². The van der Waals surface area contributed by atoms with Crippen molar-refractivity contribution in [1.82, 2.24) is 0 Å². The fourth-order valence-corrected chi connectivity index (χ4v) is 1.98. The smallest absolute Gasteiger partial charge is 0.167 e. The van der Waals surface area contributed by atoms with Crippen molar-refractivity contribution in [3.8, 4) is 5.75 Å². The lowest BCUT2D eigenvalue weighted by atomic mass is 9.86. The summed E-state index contributed by atoms with van der Waals surface area (Å²) in [6.45, 7) is 0.867. The van der Waals surface area contributed by atoms with Gasteiger partial charge in [0.25, 0.3) is 0 Å². The number of carbonyl (C=O) groups excluding carboxylic acids is 1. The number of nitrogens with two attached hydrogens (primary N) is 1. The molecule has 0 heterocycles. The lowest BCUT2D eigenvalue weighted by molar-refractivity contribution is 0.0978. The monoisotopic (exact) mass is 251 g/mol. The third-order valence-corrected chi connectivity index (χ3v) is 3.31. The van der Waals surface area contributed by atoms with Crippen molar-refractivity contribution in [3.05, 3.63) is 29.6 Å². The van der Waals surface area contributed by atoms with Crippen molar-refractivity contribution in [3.63, 3.8) is 0 Å². The molecular formula is C14H18FNO2. The molecule has 4 heteroatoms. The zero-order chi connectivity index (χ0) is 13.0. The first-order chi connectivity index (χ1) is 8.70. The summed E-state index contributed by atoms with van der Waals surface area (Å²) in [5, 5.41) is 0. The number of benzene rings is 1. The summed E-state index contributed by atoms with van der Waals surface area (Å²) < 4.78 is 18.8. The highest BCUT2D eigenvalue weighted by Gasteiger charge is 2.19. The first-order valence-electron chi connectivity index (χ1n) is 6.36. The van der Waals surface area contributed by atoms with Crippen molar-refractivity contribution in [2.45, 2.75) is 25.7 Å². The Kier molecular flexibility index (Phi) is 4.31. The molecule has 18 heavy (non-hydrogen) atoms. The molecule has 0 bridgehead atoms. The molecule has 98 valence electrons. The highest BCUT2D eigenvalue weighted by atomic mass is 19.1. The Balaban J connectivity index is 2.08. The Bertz CT molecular complexity index is 430. The molecule has 3 nitrogen and oxygen atoms in total. The average Bonchev–Trinajstić information content (AvgIpc) is 2.29. The maximum absolute atomic E-state index is 13.2. The van der Waals surface area contributed by atoms with Gasteiger partial charge in [-0.05, 0) is 43.5 Å². The Morgan fingerprint density at radius 2 is 2.22 bits per heavy atom. The minimum absolute atomic E-state index is 0.166. The molecule has 1 fully saturated rings. The predicted molar refractivity (Wildman–Crippen MR) is 67.2 cm³/mol. The number of rotatable bonds is 6. The molecule has 2 rings (SSSR count). The van der Waals surface area contributed by atoms with Crippen molar-refractivity contribution in [2.24, 2.45) is 11.7 Å². The Labute approximate surface area is 106 Å². The fourth-order valence-electron chi connectivity index (χ4n) is 1.98. The Morgan fingerprint density at radius 3 is 2.83 bits per heavy atom. The largest absolute Gasteiger partial charge is 0.493 e. The van der Waals surface area contributed by atoms with Gasteiger partial charge in [-0.2, -0.15) is 0 Å². The standard InChI is InChI=1S/C14H18FNO2/c15-11-4-5-14(18-9-10-2-1-3-10)12(8-11)13(17)6-7-16/h4-5,8,10H,1-3,6-7,9,16H2. The minimum Gasteiger partial charge on any atom is -0.493 e. The van der Waals surface area contributed by atoms with Gasteiger partial charge in [-0.15, -0.1) is 0 Å². The number of Topliss-reactive ketones (excluding diaryl/α,β-unsaturated/α-hetero) is 1. The van der Waals surface area contributed by atoms with Crippen LogP contribution in [-0.4, -0.2) is 18.9 Å². The van der Waals surface area contributed by atoms with Crippen LogP contribution >= 0.6 is 0 Å². The van der Waals surface area contributed by atoms with E-state index >= 15 is 0 Å². The molecule has 0 amide bonds. The SMILES string of the molecule is NCCC(=O)c1cc(F)ccc1OCC1CCC1. The molecular weight excluding hydrogens is 233 g/mol. The Hall–Kier alpha value is -1.42. The van der Waals surface area contributed by atoms with Crippen LogP contribution < -0.4 is 10.5 Å². The van der Waals surface area contributed by atoms with Gasteiger partial charge < -0.3 is 10.5 Å². The van der Waals surface area contributed by atoms with Gasteiger partial charge in [0, 0.05) is 6.42 Å². The molecule has 2 N–H and O–H groups in total. The quantitative estimate of drug-likeness (QED) is 0.790. The molecule has 1 saturated carbocycles. The highest BCUT2D eigenvalue weighted by molar-refractivity contribution is 5.98. The first-order valence-corrected chi connectivity index (χ1v) is 6.36.